The van der Waals surface area contributed by atoms with E-state index >= 15 is 0 Å². The summed E-state index contributed by atoms with van der Waals surface area (Å²) in [5.74, 6) is -2.29. The van der Waals surface area contributed by atoms with Gasteiger partial charge in [-0.05, 0) is 48.4 Å². The third-order valence-corrected chi connectivity index (χ3v) is 5.14. The van der Waals surface area contributed by atoms with Gasteiger partial charge in [-0.25, -0.2) is 8.78 Å². The Hall–Kier alpha value is -2.23. The molecule has 2 aromatic rings. The summed E-state index contributed by atoms with van der Waals surface area (Å²) in [6.07, 6.45) is 6.61. The minimum absolute atomic E-state index is 0.0356. The van der Waals surface area contributed by atoms with Crippen molar-refractivity contribution in [2.45, 2.75) is 38.5 Å². The highest BCUT2D eigenvalue weighted by molar-refractivity contribution is 5.94. The van der Waals surface area contributed by atoms with E-state index in [2.05, 4.69) is 17.4 Å². The average Bonchev–Trinajstić information content (AvgIpc) is 2.64. The van der Waals surface area contributed by atoms with Crippen LogP contribution in [0.1, 0.15) is 48.0 Å². The van der Waals surface area contributed by atoms with Gasteiger partial charge in [0, 0.05) is 12.1 Å². The lowest BCUT2D eigenvalue weighted by molar-refractivity contribution is 0.0907. The minimum Gasteiger partial charge on any atom is -0.351 e. The number of hydrogen-bond acceptors (Lipinski definition) is 1. The summed E-state index contributed by atoms with van der Waals surface area (Å²) in [5.41, 5.74) is 1.46. The van der Waals surface area contributed by atoms with E-state index in [9.17, 15) is 13.6 Å². The molecular formula is C21H23F2NO. The minimum atomic E-state index is -0.996. The van der Waals surface area contributed by atoms with Gasteiger partial charge in [-0.3, -0.25) is 4.79 Å². The van der Waals surface area contributed by atoms with Crippen molar-refractivity contribution < 1.29 is 13.6 Å². The number of halogens is 2. The van der Waals surface area contributed by atoms with E-state index in [4.69, 9.17) is 0 Å². The highest BCUT2D eigenvalue weighted by Gasteiger charge is 2.32. The number of amides is 1. The van der Waals surface area contributed by atoms with Crippen LogP contribution < -0.4 is 5.32 Å². The largest absolute Gasteiger partial charge is 0.351 e. The van der Waals surface area contributed by atoms with Gasteiger partial charge in [0.05, 0.1) is 0 Å². The summed E-state index contributed by atoms with van der Waals surface area (Å²) in [6.45, 7) is 0.555. The summed E-state index contributed by atoms with van der Waals surface area (Å²) in [5, 5.41) is 2.95. The maximum absolute atomic E-state index is 13.3. The van der Waals surface area contributed by atoms with Crippen molar-refractivity contribution in [1.82, 2.24) is 5.32 Å². The Bertz CT molecular complexity index is 724. The Morgan fingerprint density at radius 2 is 1.68 bits per heavy atom. The molecule has 1 saturated carbocycles. The van der Waals surface area contributed by atoms with E-state index in [1.54, 1.807) is 0 Å². The first-order valence-electron chi connectivity index (χ1n) is 8.85. The summed E-state index contributed by atoms with van der Waals surface area (Å²) in [4.78, 5) is 12.3. The van der Waals surface area contributed by atoms with E-state index in [-0.39, 0.29) is 16.9 Å². The molecule has 0 aliphatic heterocycles. The topological polar surface area (TPSA) is 29.1 Å². The van der Waals surface area contributed by atoms with Crippen LogP contribution >= 0.6 is 0 Å². The first-order valence-corrected chi connectivity index (χ1v) is 8.85. The van der Waals surface area contributed by atoms with Gasteiger partial charge in [0.2, 0.25) is 0 Å². The van der Waals surface area contributed by atoms with Gasteiger partial charge in [0.25, 0.3) is 5.91 Å². The zero-order valence-electron chi connectivity index (χ0n) is 14.2. The first-order chi connectivity index (χ1) is 12.1. The fourth-order valence-electron chi connectivity index (χ4n) is 3.75. The summed E-state index contributed by atoms with van der Waals surface area (Å²) in [6, 6.07) is 13.6. The van der Waals surface area contributed by atoms with Gasteiger partial charge in [-0.2, -0.15) is 0 Å². The predicted molar refractivity (Wildman–Crippen MR) is 94.4 cm³/mol. The maximum atomic E-state index is 13.3. The summed E-state index contributed by atoms with van der Waals surface area (Å²) >= 11 is 0. The Morgan fingerprint density at radius 3 is 2.36 bits per heavy atom. The average molecular weight is 343 g/mol. The fourth-order valence-corrected chi connectivity index (χ4v) is 3.75. The van der Waals surface area contributed by atoms with Crippen LogP contribution in [0, 0.1) is 17.0 Å². The van der Waals surface area contributed by atoms with Crippen molar-refractivity contribution in [3.63, 3.8) is 0 Å². The smallest absolute Gasteiger partial charge is 0.251 e. The Morgan fingerprint density at radius 1 is 0.960 bits per heavy atom. The molecule has 1 amide bonds. The van der Waals surface area contributed by atoms with Crippen LogP contribution in [0.5, 0.6) is 0 Å². The van der Waals surface area contributed by atoms with Gasteiger partial charge in [0.15, 0.2) is 11.6 Å². The van der Waals surface area contributed by atoms with E-state index in [1.165, 1.54) is 18.1 Å². The van der Waals surface area contributed by atoms with Crippen LogP contribution in [-0.2, 0) is 6.42 Å². The first kappa shape index (κ1) is 17.6. The quantitative estimate of drug-likeness (QED) is 0.823. The Labute approximate surface area is 147 Å². The second-order valence-corrected chi connectivity index (χ2v) is 7.03. The molecule has 0 aromatic heterocycles. The third kappa shape index (κ3) is 4.44. The lowest BCUT2D eigenvalue weighted by Crippen LogP contribution is -2.40. The molecule has 2 nitrogen and oxygen atoms in total. The molecule has 0 atom stereocenters. The van der Waals surface area contributed by atoms with Gasteiger partial charge in [-0.15, -0.1) is 0 Å². The van der Waals surface area contributed by atoms with Gasteiger partial charge in [-0.1, -0.05) is 49.6 Å². The number of rotatable bonds is 5. The molecule has 4 heteroatoms. The van der Waals surface area contributed by atoms with Crippen molar-refractivity contribution in [2.75, 3.05) is 6.54 Å². The molecular weight excluding hydrogens is 320 g/mol. The van der Waals surface area contributed by atoms with E-state index < -0.39 is 11.6 Å². The van der Waals surface area contributed by atoms with Crippen LogP contribution in [0.3, 0.4) is 0 Å². The van der Waals surface area contributed by atoms with Crippen molar-refractivity contribution in [3.05, 3.63) is 71.3 Å². The molecule has 0 bridgehead atoms. The predicted octanol–water partition coefficient (Wildman–Crippen LogP) is 4.89. The summed E-state index contributed by atoms with van der Waals surface area (Å²) < 4.78 is 26.4. The molecule has 2 aromatic carbocycles. The number of carbonyl (C=O) groups excluding carboxylic acids is 1. The van der Waals surface area contributed by atoms with Gasteiger partial charge >= 0.3 is 0 Å². The van der Waals surface area contributed by atoms with Crippen molar-refractivity contribution in [3.8, 4) is 0 Å². The van der Waals surface area contributed by atoms with Gasteiger partial charge < -0.3 is 5.32 Å². The second-order valence-electron chi connectivity index (χ2n) is 7.03. The molecule has 1 aliphatic carbocycles. The highest BCUT2D eigenvalue weighted by Crippen LogP contribution is 2.38. The monoisotopic (exact) mass is 343 g/mol. The lowest BCUT2D eigenvalue weighted by atomic mass is 9.70. The number of hydrogen-bond donors (Lipinski definition) is 1. The zero-order chi connectivity index (χ0) is 17.7. The third-order valence-electron chi connectivity index (χ3n) is 5.14. The molecule has 0 saturated heterocycles. The van der Waals surface area contributed by atoms with Crippen molar-refractivity contribution in [2.24, 2.45) is 5.41 Å². The highest BCUT2D eigenvalue weighted by atomic mass is 19.2. The van der Waals surface area contributed by atoms with Crippen molar-refractivity contribution >= 4 is 5.91 Å². The molecule has 0 unspecified atom stereocenters. The van der Waals surface area contributed by atoms with Gasteiger partial charge in [0.1, 0.15) is 0 Å². The normalized spacial score (nSPS) is 16.4. The Kier molecular flexibility index (Phi) is 5.47. The van der Waals surface area contributed by atoms with Crippen LogP contribution in [0.15, 0.2) is 48.5 Å². The number of benzene rings is 2. The molecule has 1 fully saturated rings. The van der Waals surface area contributed by atoms with Crippen molar-refractivity contribution in [1.29, 1.82) is 0 Å². The van der Waals surface area contributed by atoms with E-state index in [0.717, 1.165) is 44.2 Å². The molecule has 1 aliphatic rings. The SMILES string of the molecule is O=C(NCC1(Cc2ccccc2)CCCCC1)c1ccc(F)c(F)c1. The van der Waals surface area contributed by atoms with Crippen LogP contribution in [-0.4, -0.2) is 12.5 Å². The van der Waals surface area contributed by atoms with Crippen LogP contribution in [0.2, 0.25) is 0 Å². The fraction of sp³-hybridized carbons (Fsp3) is 0.381. The van der Waals surface area contributed by atoms with E-state index in [0.29, 0.717) is 6.54 Å². The molecule has 0 radical (unpaired) electrons. The Balaban J connectivity index is 1.70. The van der Waals surface area contributed by atoms with Crippen LogP contribution in [0.25, 0.3) is 0 Å². The second kappa shape index (κ2) is 7.77. The molecule has 25 heavy (non-hydrogen) atoms. The molecule has 132 valence electrons. The molecule has 0 spiro atoms. The van der Waals surface area contributed by atoms with Crippen LogP contribution in [0.4, 0.5) is 8.78 Å². The molecule has 3 rings (SSSR count). The number of carbonyl (C=O) groups is 1. The molecule has 0 heterocycles. The lowest BCUT2D eigenvalue weighted by Gasteiger charge is -2.37. The maximum Gasteiger partial charge on any atom is 0.251 e. The standard InChI is InChI=1S/C21H23F2NO/c22-18-10-9-17(13-19(18)23)20(25)24-15-21(11-5-2-6-12-21)14-16-7-3-1-4-8-16/h1,3-4,7-10,13H,2,5-6,11-12,14-15H2,(H,24,25). The zero-order valence-corrected chi connectivity index (χ0v) is 14.2. The number of nitrogens with one attached hydrogen (secondary N) is 1. The summed E-state index contributed by atoms with van der Waals surface area (Å²) in [7, 11) is 0. The molecule has 1 N–H and O–H groups in total. The van der Waals surface area contributed by atoms with E-state index in [1.807, 2.05) is 18.2 Å².